The van der Waals surface area contributed by atoms with Crippen molar-refractivity contribution < 1.29 is 19.1 Å². The first-order chi connectivity index (χ1) is 17.1. The number of halogens is 1. The van der Waals surface area contributed by atoms with Crippen molar-refractivity contribution in [3.8, 4) is 0 Å². The molecule has 0 atom stereocenters. The third kappa shape index (κ3) is 17.3. The maximum Gasteiger partial charge on any atom is 0.305 e. The third-order valence-electron chi connectivity index (χ3n) is 7.20. The Morgan fingerprint density at radius 3 is 1.77 bits per heavy atom. The molecule has 0 spiro atoms. The molecule has 1 fully saturated rings. The van der Waals surface area contributed by atoms with Gasteiger partial charge in [0, 0.05) is 37.2 Å². The highest BCUT2D eigenvalue weighted by molar-refractivity contribution is 6.18. The lowest BCUT2D eigenvalue weighted by Gasteiger charge is -2.37. The lowest BCUT2D eigenvalue weighted by molar-refractivity contribution is -0.149. The standard InChI is InChI=1S/C29H54ClNO4/c1-3-5-7-9-11-19-28(32)34-24-26(25-35-29(33)20-12-10-8-6-4-2)16-13-14-22-31(23-21-30)27-17-15-18-27/h26-27H,3-25H2,1-2H3. The summed E-state index contributed by atoms with van der Waals surface area (Å²) in [5.74, 6) is 0.523. The van der Waals surface area contributed by atoms with E-state index in [0.29, 0.717) is 38.0 Å². The number of carbonyl (C=O) groups excluding carboxylic acids is 2. The zero-order chi connectivity index (χ0) is 25.6. The van der Waals surface area contributed by atoms with Crippen LogP contribution in [0, 0.1) is 5.92 Å². The number of hydrogen-bond acceptors (Lipinski definition) is 5. The molecule has 35 heavy (non-hydrogen) atoms. The molecule has 0 aromatic carbocycles. The van der Waals surface area contributed by atoms with Crippen LogP contribution in [0.3, 0.4) is 0 Å². The maximum absolute atomic E-state index is 12.2. The van der Waals surface area contributed by atoms with Gasteiger partial charge in [-0.15, -0.1) is 11.6 Å². The van der Waals surface area contributed by atoms with Crippen molar-refractivity contribution in [2.45, 2.75) is 135 Å². The first-order valence-corrected chi connectivity index (χ1v) is 15.2. The van der Waals surface area contributed by atoms with Gasteiger partial charge in [-0.25, -0.2) is 0 Å². The van der Waals surface area contributed by atoms with Crippen LogP contribution < -0.4 is 0 Å². The Hall–Kier alpha value is -0.810. The van der Waals surface area contributed by atoms with Gasteiger partial charge in [0.1, 0.15) is 0 Å². The van der Waals surface area contributed by atoms with Crippen LogP contribution in [0.25, 0.3) is 0 Å². The minimum Gasteiger partial charge on any atom is -0.465 e. The lowest BCUT2D eigenvalue weighted by Crippen LogP contribution is -2.41. The van der Waals surface area contributed by atoms with Gasteiger partial charge in [0.2, 0.25) is 0 Å². The van der Waals surface area contributed by atoms with E-state index in [1.54, 1.807) is 0 Å². The van der Waals surface area contributed by atoms with Crippen LogP contribution in [0.1, 0.15) is 129 Å². The lowest BCUT2D eigenvalue weighted by atomic mass is 9.91. The summed E-state index contributed by atoms with van der Waals surface area (Å²) in [6.07, 6.45) is 19.1. The second kappa shape index (κ2) is 22.4. The fourth-order valence-electron chi connectivity index (χ4n) is 4.61. The van der Waals surface area contributed by atoms with E-state index in [9.17, 15) is 9.59 Å². The average molecular weight is 516 g/mol. The predicted molar refractivity (Wildman–Crippen MR) is 146 cm³/mol. The molecular formula is C29H54ClNO4. The van der Waals surface area contributed by atoms with Crippen molar-refractivity contribution in [3.63, 3.8) is 0 Å². The summed E-state index contributed by atoms with van der Waals surface area (Å²) >= 11 is 6.01. The summed E-state index contributed by atoms with van der Waals surface area (Å²) in [5, 5.41) is 0. The normalized spacial score (nSPS) is 13.9. The van der Waals surface area contributed by atoms with Gasteiger partial charge in [0.05, 0.1) is 13.2 Å². The number of unbranched alkanes of at least 4 members (excludes halogenated alkanes) is 9. The number of alkyl halides is 1. The highest BCUT2D eigenvalue weighted by atomic mass is 35.5. The zero-order valence-corrected chi connectivity index (χ0v) is 23.6. The van der Waals surface area contributed by atoms with Crippen LogP contribution in [0.5, 0.6) is 0 Å². The summed E-state index contributed by atoms with van der Waals surface area (Å²) in [4.78, 5) is 26.9. The minimum atomic E-state index is -0.118. The molecule has 0 heterocycles. The smallest absolute Gasteiger partial charge is 0.305 e. The van der Waals surface area contributed by atoms with Gasteiger partial charge < -0.3 is 9.47 Å². The molecule has 0 radical (unpaired) electrons. The monoisotopic (exact) mass is 515 g/mol. The maximum atomic E-state index is 12.2. The van der Waals surface area contributed by atoms with Crippen LogP contribution in [0.4, 0.5) is 0 Å². The fourth-order valence-corrected chi connectivity index (χ4v) is 4.83. The van der Waals surface area contributed by atoms with E-state index in [0.717, 1.165) is 58.0 Å². The van der Waals surface area contributed by atoms with Crippen molar-refractivity contribution in [1.82, 2.24) is 4.90 Å². The molecule has 1 rings (SSSR count). The van der Waals surface area contributed by atoms with E-state index in [4.69, 9.17) is 21.1 Å². The molecule has 0 aromatic rings. The van der Waals surface area contributed by atoms with Gasteiger partial charge in [-0.3, -0.25) is 14.5 Å². The van der Waals surface area contributed by atoms with Crippen molar-refractivity contribution >= 4 is 23.5 Å². The highest BCUT2D eigenvalue weighted by Gasteiger charge is 2.24. The summed E-state index contributed by atoms with van der Waals surface area (Å²) in [7, 11) is 0. The molecule has 0 aromatic heterocycles. The third-order valence-corrected chi connectivity index (χ3v) is 7.37. The molecule has 0 amide bonds. The Kier molecular flexibility index (Phi) is 20.6. The van der Waals surface area contributed by atoms with Gasteiger partial charge in [0.15, 0.2) is 0 Å². The Bertz CT molecular complexity index is 497. The molecule has 206 valence electrons. The van der Waals surface area contributed by atoms with Crippen molar-refractivity contribution in [3.05, 3.63) is 0 Å². The molecule has 0 bridgehead atoms. The highest BCUT2D eigenvalue weighted by Crippen LogP contribution is 2.25. The Morgan fingerprint density at radius 2 is 1.31 bits per heavy atom. The van der Waals surface area contributed by atoms with Crippen LogP contribution in [0.2, 0.25) is 0 Å². The SMILES string of the molecule is CCCCCCCC(=O)OCC(CCCCN(CCCl)C1CCC1)COC(=O)CCCCCCC. The number of esters is 2. The average Bonchev–Trinajstić information content (AvgIpc) is 2.81. The quantitative estimate of drug-likeness (QED) is 0.0749. The summed E-state index contributed by atoms with van der Waals surface area (Å²) in [6, 6.07) is 0.709. The first-order valence-electron chi connectivity index (χ1n) is 14.7. The minimum absolute atomic E-state index is 0.0771. The predicted octanol–water partition coefficient (Wildman–Crippen LogP) is 7.67. The summed E-state index contributed by atoms with van der Waals surface area (Å²) in [5.41, 5.74) is 0. The molecule has 5 nitrogen and oxygen atoms in total. The topological polar surface area (TPSA) is 55.8 Å². The van der Waals surface area contributed by atoms with E-state index in [-0.39, 0.29) is 17.9 Å². The van der Waals surface area contributed by atoms with Crippen molar-refractivity contribution in [2.75, 3.05) is 32.2 Å². The molecule has 0 N–H and O–H groups in total. The van der Waals surface area contributed by atoms with E-state index < -0.39 is 0 Å². The van der Waals surface area contributed by atoms with Crippen molar-refractivity contribution in [2.24, 2.45) is 5.92 Å². The second-order valence-electron chi connectivity index (χ2n) is 10.4. The Labute approximate surface area is 221 Å². The summed E-state index contributed by atoms with van der Waals surface area (Å²) < 4.78 is 11.2. The van der Waals surface area contributed by atoms with Gasteiger partial charge in [-0.2, -0.15) is 0 Å². The van der Waals surface area contributed by atoms with Gasteiger partial charge in [0.25, 0.3) is 0 Å². The number of nitrogens with zero attached hydrogens (tertiary/aromatic N) is 1. The van der Waals surface area contributed by atoms with Crippen LogP contribution in [0.15, 0.2) is 0 Å². The van der Waals surface area contributed by atoms with E-state index in [1.165, 1.54) is 57.8 Å². The van der Waals surface area contributed by atoms with Crippen LogP contribution in [-0.2, 0) is 19.1 Å². The molecular weight excluding hydrogens is 462 g/mol. The molecule has 0 unspecified atom stereocenters. The van der Waals surface area contributed by atoms with E-state index >= 15 is 0 Å². The fraction of sp³-hybridized carbons (Fsp3) is 0.931. The Balaban J connectivity index is 2.36. The largest absolute Gasteiger partial charge is 0.465 e. The molecule has 1 aliphatic carbocycles. The van der Waals surface area contributed by atoms with Gasteiger partial charge >= 0.3 is 11.9 Å². The number of carbonyl (C=O) groups is 2. The summed E-state index contributed by atoms with van der Waals surface area (Å²) in [6.45, 7) is 7.12. The number of ether oxygens (including phenoxy) is 2. The van der Waals surface area contributed by atoms with Crippen LogP contribution >= 0.6 is 11.6 Å². The number of hydrogen-bond donors (Lipinski definition) is 0. The molecule has 6 heteroatoms. The second-order valence-corrected chi connectivity index (χ2v) is 10.7. The Morgan fingerprint density at radius 1 is 0.771 bits per heavy atom. The van der Waals surface area contributed by atoms with Gasteiger partial charge in [-0.1, -0.05) is 78.1 Å². The molecule has 0 aliphatic heterocycles. The van der Waals surface area contributed by atoms with Crippen molar-refractivity contribution in [1.29, 1.82) is 0 Å². The molecule has 0 saturated heterocycles. The first kappa shape index (κ1) is 32.2. The van der Waals surface area contributed by atoms with Crippen LogP contribution in [-0.4, -0.2) is 55.1 Å². The number of rotatable bonds is 24. The van der Waals surface area contributed by atoms with E-state index in [2.05, 4.69) is 18.7 Å². The van der Waals surface area contributed by atoms with E-state index in [1.807, 2.05) is 0 Å². The zero-order valence-electron chi connectivity index (χ0n) is 22.9. The van der Waals surface area contributed by atoms with Gasteiger partial charge in [-0.05, 0) is 45.1 Å². The molecule has 1 saturated carbocycles. The molecule has 1 aliphatic rings.